The molecule has 1 fully saturated rings. The second kappa shape index (κ2) is 7.44. The topological polar surface area (TPSA) is 78.1 Å². The van der Waals surface area contributed by atoms with Crippen molar-refractivity contribution in [2.45, 2.75) is 31.0 Å². The molecule has 1 aliphatic rings. The summed E-state index contributed by atoms with van der Waals surface area (Å²) in [4.78, 5) is 33.0. The largest absolute Gasteiger partial charge is 0.352 e. The predicted molar refractivity (Wildman–Crippen MR) is 95.2 cm³/mol. The third kappa shape index (κ3) is 4.21. The van der Waals surface area contributed by atoms with Crippen molar-refractivity contribution in [2.24, 2.45) is 0 Å². The number of rotatable bonds is 4. The van der Waals surface area contributed by atoms with Crippen LogP contribution in [0.15, 0.2) is 23.4 Å². The zero-order chi connectivity index (χ0) is 17.1. The van der Waals surface area contributed by atoms with Crippen molar-refractivity contribution in [2.75, 3.05) is 18.8 Å². The highest BCUT2D eigenvalue weighted by Crippen LogP contribution is 2.23. The Hall–Kier alpha value is -1.73. The van der Waals surface area contributed by atoms with E-state index in [-0.39, 0.29) is 17.9 Å². The van der Waals surface area contributed by atoms with Crippen molar-refractivity contribution in [1.82, 2.24) is 20.2 Å². The van der Waals surface area contributed by atoms with E-state index in [4.69, 9.17) is 11.6 Å². The van der Waals surface area contributed by atoms with Gasteiger partial charge in [-0.1, -0.05) is 23.4 Å². The van der Waals surface area contributed by atoms with Crippen molar-refractivity contribution in [3.05, 3.63) is 23.2 Å². The number of aromatic amines is 1. The van der Waals surface area contributed by atoms with Gasteiger partial charge in [-0.15, -0.1) is 0 Å². The maximum Gasteiger partial charge on any atom is 0.233 e. The fourth-order valence-corrected chi connectivity index (χ4v) is 3.82. The van der Waals surface area contributed by atoms with E-state index in [0.29, 0.717) is 22.5 Å². The minimum absolute atomic E-state index is 0.0513. The van der Waals surface area contributed by atoms with Gasteiger partial charge in [0.1, 0.15) is 0 Å². The summed E-state index contributed by atoms with van der Waals surface area (Å²) in [6, 6.07) is 5.51. The van der Waals surface area contributed by atoms with Crippen LogP contribution in [0.2, 0.25) is 5.02 Å². The monoisotopic (exact) mass is 366 g/mol. The number of aromatic nitrogens is 2. The number of H-pyrrole nitrogens is 1. The zero-order valence-corrected chi connectivity index (χ0v) is 14.9. The number of likely N-dealkylation sites (tertiary alicyclic amines) is 1. The van der Waals surface area contributed by atoms with E-state index in [1.54, 1.807) is 6.07 Å². The van der Waals surface area contributed by atoms with Gasteiger partial charge in [0, 0.05) is 31.1 Å². The molecule has 2 heterocycles. The second-order valence-electron chi connectivity index (χ2n) is 5.87. The molecule has 1 aromatic heterocycles. The maximum absolute atomic E-state index is 12.4. The number of halogens is 1. The third-order valence-corrected chi connectivity index (χ3v) is 5.03. The molecule has 0 spiro atoms. The molecule has 6 nitrogen and oxygen atoms in total. The summed E-state index contributed by atoms with van der Waals surface area (Å²) < 4.78 is 0. The summed E-state index contributed by atoms with van der Waals surface area (Å²) in [6.07, 6.45) is 1.82. The van der Waals surface area contributed by atoms with Crippen LogP contribution in [0.1, 0.15) is 19.8 Å². The lowest BCUT2D eigenvalue weighted by molar-refractivity contribution is -0.130. The van der Waals surface area contributed by atoms with E-state index < -0.39 is 0 Å². The van der Waals surface area contributed by atoms with Crippen molar-refractivity contribution < 1.29 is 9.59 Å². The van der Waals surface area contributed by atoms with Gasteiger partial charge in [-0.2, -0.15) is 0 Å². The Balaban J connectivity index is 1.56. The minimum atomic E-state index is -0.0513. The van der Waals surface area contributed by atoms with Gasteiger partial charge >= 0.3 is 0 Å². The van der Waals surface area contributed by atoms with Crippen LogP contribution < -0.4 is 5.32 Å². The van der Waals surface area contributed by atoms with Gasteiger partial charge in [-0.25, -0.2) is 4.98 Å². The van der Waals surface area contributed by atoms with E-state index in [2.05, 4.69) is 15.3 Å². The van der Waals surface area contributed by atoms with Crippen molar-refractivity contribution in [3.8, 4) is 0 Å². The Labute approximate surface area is 149 Å². The average molecular weight is 367 g/mol. The average Bonchev–Trinajstić information content (AvgIpc) is 2.94. The quantitative estimate of drug-likeness (QED) is 0.815. The van der Waals surface area contributed by atoms with Crippen LogP contribution in [0.3, 0.4) is 0 Å². The lowest BCUT2D eigenvalue weighted by atomic mass is 10.1. The smallest absolute Gasteiger partial charge is 0.233 e. The van der Waals surface area contributed by atoms with E-state index in [1.807, 2.05) is 17.0 Å². The number of carbonyl (C=O) groups excluding carboxylic acids is 2. The van der Waals surface area contributed by atoms with Crippen LogP contribution in [-0.4, -0.2) is 51.6 Å². The molecule has 3 rings (SSSR count). The van der Waals surface area contributed by atoms with Gasteiger partial charge in [-0.3, -0.25) is 9.59 Å². The molecular formula is C16H19ClN4O2S. The molecule has 24 heavy (non-hydrogen) atoms. The number of nitrogens with one attached hydrogen (secondary N) is 2. The highest BCUT2D eigenvalue weighted by molar-refractivity contribution is 7.99. The van der Waals surface area contributed by atoms with Gasteiger partial charge in [0.25, 0.3) is 0 Å². The molecule has 0 radical (unpaired) electrons. The molecule has 2 N–H and O–H groups in total. The first-order valence-corrected chi connectivity index (χ1v) is 9.20. The number of benzene rings is 1. The van der Waals surface area contributed by atoms with E-state index in [0.717, 1.165) is 30.4 Å². The first kappa shape index (κ1) is 17.1. The Morgan fingerprint density at radius 3 is 3.12 bits per heavy atom. The highest BCUT2D eigenvalue weighted by Gasteiger charge is 2.24. The van der Waals surface area contributed by atoms with Gasteiger partial charge < -0.3 is 15.2 Å². The number of nitrogens with zero attached hydrogens (tertiary/aromatic N) is 2. The Morgan fingerprint density at radius 1 is 1.50 bits per heavy atom. The molecule has 8 heteroatoms. The standard InChI is InChI=1S/C16H19ClN4O2S/c1-10(22)18-12-3-2-6-21(8-12)15(23)9-24-16-19-13-5-4-11(17)7-14(13)20-16/h4-5,7,12H,2-3,6,8-9H2,1H3,(H,18,22)(H,19,20). The van der Waals surface area contributed by atoms with Crippen LogP contribution in [-0.2, 0) is 9.59 Å². The van der Waals surface area contributed by atoms with Crippen LogP contribution in [0.4, 0.5) is 0 Å². The first-order valence-electron chi connectivity index (χ1n) is 7.84. The van der Waals surface area contributed by atoms with E-state index in [9.17, 15) is 9.59 Å². The van der Waals surface area contributed by atoms with Gasteiger partial charge in [0.05, 0.1) is 16.8 Å². The van der Waals surface area contributed by atoms with Crippen LogP contribution in [0.25, 0.3) is 11.0 Å². The number of piperidine rings is 1. The summed E-state index contributed by atoms with van der Waals surface area (Å²) in [7, 11) is 0. The molecule has 1 aliphatic heterocycles. The zero-order valence-electron chi connectivity index (χ0n) is 13.3. The summed E-state index contributed by atoms with van der Waals surface area (Å²) in [5, 5.41) is 4.25. The van der Waals surface area contributed by atoms with Gasteiger partial charge in [0.2, 0.25) is 11.8 Å². The molecule has 1 saturated heterocycles. The van der Waals surface area contributed by atoms with Crippen molar-refractivity contribution >= 4 is 46.2 Å². The highest BCUT2D eigenvalue weighted by atomic mass is 35.5. The lowest BCUT2D eigenvalue weighted by Gasteiger charge is -2.32. The molecular weight excluding hydrogens is 348 g/mol. The first-order chi connectivity index (χ1) is 11.5. The maximum atomic E-state index is 12.4. The van der Waals surface area contributed by atoms with Crippen LogP contribution in [0.5, 0.6) is 0 Å². The molecule has 0 saturated carbocycles. The predicted octanol–water partition coefficient (Wildman–Crippen LogP) is 2.44. The Kier molecular flexibility index (Phi) is 5.30. The Morgan fingerprint density at radius 2 is 2.33 bits per heavy atom. The lowest BCUT2D eigenvalue weighted by Crippen LogP contribution is -2.49. The summed E-state index contributed by atoms with van der Waals surface area (Å²) in [5.41, 5.74) is 1.69. The molecule has 2 aromatic rings. The fourth-order valence-electron chi connectivity index (χ4n) is 2.86. The molecule has 0 bridgehead atoms. The fraction of sp³-hybridized carbons (Fsp3) is 0.438. The molecule has 1 unspecified atom stereocenters. The molecule has 0 aliphatic carbocycles. The summed E-state index contributed by atoms with van der Waals surface area (Å²) in [5.74, 6) is 0.332. The van der Waals surface area contributed by atoms with Crippen molar-refractivity contribution in [3.63, 3.8) is 0 Å². The minimum Gasteiger partial charge on any atom is -0.352 e. The number of fused-ring (bicyclic) bond motifs is 1. The van der Waals surface area contributed by atoms with E-state index >= 15 is 0 Å². The summed E-state index contributed by atoms with van der Waals surface area (Å²) in [6.45, 7) is 2.82. The summed E-state index contributed by atoms with van der Waals surface area (Å²) >= 11 is 7.34. The molecule has 128 valence electrons. The van der Waals surface area contributed by atoms with Gasteiger partial charge in [-0.05, 0) is 31.0 Å². The third-order valence-electron chi connectivity index (χ3n) is 3.94. The molecule has 2 amide bonds. The van der Waals surface area contributed by atoms with E-state index in [1.165, 1.54) is 18.7 Å². The number of carbonyl (C=O) groups is 2. The molecule has 1 atom stereocenters. The number of hydrogen-bond donors (Lipinski definition) is 2. The number of imidazole rings is 1. The van der Waals surface area contributed by atoms with Crippen molar-refractivity contribution in [1.29, 1.82) is 0 Å². The number of thioether (sulfide) groups is 1. The second-order valence-corrected chi connectivity index (χ2v) is 7.27. The number of amides is 2. The van der Waals surface area contributed by atoms with Gasteiger partial charge in [0.15, 0.2) is 5.16 Å². The van der Waals surface area contributed by atoms with Crippen LogP contribution in [0, 0.1) is 0 Å². The SMILES string of the molecule is CC(=O)NC1CCCN(C(=O)CSc2nc3ccc(Cl)cc3[nH]2)C1. The Bertz CT molecular complexity index is 764. The molecule has 1 aromatic carbocycles. The number of hydrogen-bond acceptors (Lipinski definition) is 4. The van der Waals surface area contributed by atoms with Crippen LogP contribution >= 0.6 is 23.4 Å². The normalized spacial score (nSPS) is 17.9.